The van der Waals surface area contributed by atoms with Gasteiger partial charge in [-0.25, -0.2) is 8.42 Å². The first-order chi connectivity index (χ1) is 9.90. The molecular weight excluding hydrogens is 310 g/mol. The third-order valence-corrected chi connectivity index (χ3v) is 5.51. The van der Waals surface area contributed by atoms with Gasteiger partial charge in [0.05, 0.1) is 11.6 Å². The quantitative estimate of drug-likeness (QED) is 0.784. The number of halogens is 1. The highest BCUT2D eigenvalue weighted by Crippen LogP contribution is 2.28. The number of benzene rings is 1. The van der Waals surface area contributed by atoms with Gasteiger partial charge in [0.1, 0.15) is 16.4 Å². The summed E-state index contributed by atoms with van der Waals surface area (Å²) < 4.78 is 32.4. The van der Waals surface area contributed by atoms with Crippen LogP contribution in [0.1, 0.15) is 24.0 Å². The molecule has 0 N–H and O–H groups in total. The molecule has 0 aliphatic carbocycles. The summed E-state index contributed by atoms with van der Waals surface area (Å²) in [5, 5.41) is 0. The van der Waals surface area contributed by atoms with E-state index < -0.39 is 10.0 Å². The van der Waals surface area contributed by atoms with Crippen LogP contribution in [0.2, 0.25) is 0 Å². The smallest absolute Gasteiger partial charge is 0.267 e. The summed E-state index contributed by atoms with van der Waals surface area (Å²) in [6.45, 7) is 5.73. The third kappa shape index (κ3) is 3.09. The van der Waals surface area contributed by atoms with Crippen LogP contribution >= 0.6 is 11.6 Å². The standard InChI is InChI=1S/C15H18ClNO3S/c1-4-17(13-7-5-11(2)6-8-13)21(18,19)15-9-14(10-16)20-12(15)3/h5-9H,4,10H2,1-3H3. The molecule has 4 nitrogen and oxygen atoms in total. The van der Waals surface area contributed by atoms with Gasteiger partial charge in [0, 0.05) is 12.6 Å². The lowest BCUT2D eigenvalue weighted by molar-refractivity contribution is 0.492. The van der Waals surface area contributed by atoms with Crippen molar-refractivity contribution in [1.82, 2.24) is 0 Å². The van der Waals surface area contributed by atoms with E-state index in [9.17, 15) is 8.42 Å². The van der Waals surface area contributed by atoms with E-state index >= 15 is 0 Å². The molecule has 0 spiro atoms. The van der Waals surface area contributed by atoms with Crippen molar-refractivity contribution in [2.24, 2.45) is 0 Å². The fourth-order valence-corrected chi connectivity index (χ4v) is 3.96. The molecule has 2 aromatic rings. The van der Waals surface area contributed by atoms with Crippen LogP contribution in [-0.2, 0) is 15.9 Å². The maximum absolute atomic E-state index is 12.8. The molecule has 0 radical (unpaired) electrons. The summed E-state index contributed by atoms with van der Waals surface area (Å²) in [6.07, 6.45) is 0. The zero-order valence-corrected chi connectivity index (χ0v) is 13.8. The van der Waals surface area contributed by atoms with Crippen molar-refractivity contribution in [2.75, 3.05) is 10.8 Å². The number of alkyl halides is 1. The van der Waals surface area contributed by atoms with Crippen LogP contribution < -0.4 is 4.31 Å². The summed E-state index contributed by atoms with van der Waals surface area (Å²) >= 11 is 5.71. The van der Waals surface area contributed by atoms with E-state index in [2.05, 4.69) is 0 Å². The molecule has 0 atom stereocenters. The molecule has 0 bridgehead atoms. The van der Waals surface area contributed by atoms with Gasteiger partial charge in [-0.15, -0.1) is 11.6 Å². The summed E-state index contributed by atoms with van der Waals surface area (Å²) in [7, 11) is -3.66. The van der Waals surface area contributed by atoms with Crippen LogP contribution in [0.5, 0.6) is 0 Å². The Kier molecular flexibility index (Phi) is 4.64. The van der Waals surface area contributed by atoms with Crippen molar-refractivity contribution in [1.29, 1.82) is 0 Å². The lowest BCUT2D eigenvalue weighted by Gasteiger charge is -2.22. The average Bonchev–Trinajstić information content (AvgIpc) is 2.83. The van der Waals surface area contributed by atoms with Crippen molar-refractivity contribution in [3.05, 3.63) is 47.4 Å². The predicted octanol–water partition coefficient (Wildman–Crippen LogP) is 3.85. The predicted molar refractivity (Wildman–Crippen MR) is 84.4 cm³/mol. The third-order valence-electron chi connectivity index (χ3n) is 3.23. The fraction of sp³-hybridized carbons (Fsp3) is 0.333. The van der Waals surface area contributed by atoms with Crippen molar-refractivity contribution in [3.63, 3.8) is 0 Å². The van der Waals surface area contributed by atoms with Crippen LogP contribution in [0.15, 0.2) is 39.6 Å². The maximum atomic E-state index is 12.8. The minimum atomic E-state index is -3.66. The topological polar surface area (TPSA) is 50.5 Å². The Hall–Kier alpha value is -1.46. The number of hydrogen-bond acceptors (Lipinski definition) is 3. The van der Waals surface area contributed by atoms with Gasteiger partial charge in [-0.2, -0.15) is 0 Å². The molecule has 0 unspecified atom stereocenters. The Balaban J connectivity index is 2.49. The molecule has 0 fully saturated rings. The highest BCUT2D eigenvalue weighted by Gasteiger charge is 2.28. The van der Waals surface area contributed by atoms with E-state index in [1.807, 2.05) is 19.1 Å². The zero-order valence-electron chi connectivity index (χ0n) is 12.3. The number of aryl methyl sites for hydroxylation is 2. The highest BCUT2D eigenvalue weighted by molar-refractivity contribution is 7.92. The number of hydrogen-bond donors (Lipinski definition) is 0. The molecule has 0 saturated carbocycles. The van der Waals surface area contributed by atoms with Crippen molar-refractivity contribution in [3.8, 4) is 0 Å². The van der Waals surface area contributed by atoms with E-state index in [0.29, 0.717) is 23.8 Å². The summed E-state index contributed by atoms with van der Waals surface area (Å²) in [5.74, 6) is 0.955. The summed E-state index contributed by atoms with van der Waals surface area (Å²) in [5.41, 5.74) is 1.72. The van der Waals surface area contributed by atoms with Crippen molar-refractivity contribution < 1.29 is 12.8 Å². The lowest BCUT2D eigenvalue weighted by Crippen LogP contribution is -2.30. The largest absolute Gasteiger partial charge is 0.464 e. The normalized spacial score (nSPS) is 11.6. The van der Waals surface area contributed by atoms with Gasteiger partial charge in [-0.05, 0) is 32.9 Å². The minimum absolute atomic E-state index is 0.146. The van der Waals surface area contributed by atoms with Crippen LogP contribution in [0.4, 0.5) is 5.69 Å². The number of rotatable bonds is 5. The molecule has 114 valence electrons. The Labute approximate surface area is 130 Å². The zero-order chi connectivity index (χ0) is 15.6. The van der Waals surface area contributed by atoms with Crippen molar-refractivity contribution in [2.45, 2.75) is 31.5 Å². The van der Waals surface area contributed by atoms with Gasteiger partial charge >= 0.3 is 0 Å². The van der Waals surface area contributed by atoms with Crippen LogP contribution in [0.3, 0.4) is 0 Å². The van der Waals surface area contributed by atoms with E-state index in [-0.39, 0.29) is 10.8 Å². The second kappa shape index (κ2) is 6.12. The van der Waals surface area contributed by atoms with Gasteiger partial charge in [0.2, 0.25) is 0 Å². The first kappa shape index (κ1) is 15.9. The van der Waals surface area contributed by atoms with Gasteiger partial charge < -0.3 is 4.42 Å². The molecule has 1 aromatic carbocycles. The van der Waals surface area contributed by atoms with E-state index in [0.717, 1.165) is 5.56 Å². The molecule has 1 aromatic heterocycles. The highest BCUT2D eigenvalue weighted by atomic mass is 35.5. The Bertz CT molecular complexity index is 720. The maximum Gasteiger partial charge on any atom is 0.267 e. The van der Waals surface area contributed by atoms with Crippen LogP contribution in [0, 0.1) is 13.8 Å². The first-order valence-electron chi connectivity index (χ1n) is 6.64. The average molecular weight is 328 g/mol. The molecule has 0 aliphatic heterocycles. The molecule has 2 rings (SSSR count). The van der Waals surface area contributed by atoms with Gasteiger partial charge in [-0.3, -0.25) is 4.31 Å². The second-order valence-electron chi connectivity index (χ2n) is 4.77. The van der Waals surface area contributed by atoms with Gasteiger partial charge in [-0.1, -0.05) is 17.7 Å². The molecule has 0 saturated heterocycles. The van der Waals surface area contributed by atoms with E-state index in [1.54, 1.807) is 26.0 Å². The Morgan fingerprint density at radius 3 is 2.29 bits per heavy atom. The van der Waals surface area contributed by atoms with Crippen LogP contribution in [0.25, 0.3) is 0 Å². The monoisotopic (exact) mass is 327 g/mol. The number of furan rings is 1. The summed E-state index contributed by atoms with van der Waals surface area (Å²) in [6, 6.07) is 8.87. The molecule has 0 aliphatic rings. The van der Waals surface area contributed by atoms with Crippen LogP contribution in [-0.4, -0.2) is 15.0 Å². The summed E-state index contributed by atoms with van der Waals surface area (Å²) in [4.78, 5) is 0.167. The molecule has 21 heavy (non-hydrogen) atoms. The molecule has 0 amide bonds. The second-order valence-corrected chi connectivity index (χ2v) is 6.87. The number of anilines is 1. The van der Waals surface area contributed by atoms with Gasteiger partial charge in [0.15, 0.2) is 0 Å². The first-order valence-corrected chi connectivity index (χ1v) is 8.62. The fourth-order valence-electron chi connectivity index (χ4n) is 2.17. The minimum Gasteiger partial charge on any atom is -0.464 e. The lowest BCUT2D eigenvalue weighted by atomic mass is 10.2. The van der Waals surface area contributed by atoms with Gasteiger partial charge in [0.25, 0.3) is 10.0 Å². The molecular formula is C15H18ClNO3S. The number of nitrogens with zero attached hydrogens (tertiary/aromatic N) is 1. The molecule has 1 heterocycles. The molecule has 6 heteroatoms. The Morgan fingerprint density at radius 1 is 1.19 bits per heavy atom. The van der Waals surface area contributed by atoms with E-state index in [4.69, 9.17) is 16.0 Å². The SMILES string of the molecule is CCN(c1ccc(C)cc1)S(=O)(=O)c1cc(CCl)oc1C. The number of sulfonamides is 1. The Morgan fingerprint density at radius 2 is 1.81 bits per heavy atom. The van der Waals surface area contributed by atoms with E-state index in [1.165, 1.54) is 10.4 Å². The van der Waals surface area contributed by atoms with Crippen molar-refractivity contribution >= 4 is 27.3 Å².